The van der Waals surface area contributed by atoms with Crippen LogP contribution in [0.2, 0.25) is 0 Å². The van der Waals surface area contributed by atoms with E-state index in [1.54, 1.807) is 18.2 Å². The van der Waals surface area contributed by atoms with Crippen LogP contribution in [0.25, 0.3) is 16.2 Å². The third-order valence-corrected chi connectivity index (χ3v) is 6.03. The fourth-order valence-electron chi connectivity index (χ4n) is 2.94. The molecule has 0 bridgehead atoms. The molecule has 0 saturated carbocycles. The van der Waals surface area contributed by atoms with E-state index in [9.17, 15) is 17.8 Å². The molecule has 4 rings (SSSR count). The van der Waals surface area contributed by atoms with Gasteiger partial charge in [0.2, 0.25) is 0 Å². The van der Waals surface area contributed by atoms with Crippen molar-refractivity contribution < 1.29 is 17.7 Å². The van der Waals surface area contributed by atoms with Gasteiger partial charge in [-0.1, -0.05) is 12.1 Å². The molecule has 2 aromatic carbocycles. The summed E-state index contributed by atoms with van der Waals surface area (Å²) in [4.78, 5) is 17.2. The summed E-state index contributed by atoms with van der Waals surface area (Å²) in [6, 6.07) is 12.6. The van der Waals surface area contributed by atoms with Crippen molar-refractivity contribution in [3.8, 4) is 17.0 Å². The van der Waals surface area contributed by atoms with Crippen LogP contribution >= 0.6 is 11.3 Å². The number of anilines is 3. The van der Waals surface area contributed by atoms with Crippen LogP contribution < -0.4 is 21.3 Å². The first-order chi connectivity index (χ1) is 14.3. The normalized spacial score (nSPS) is 11.5. The van der Waals surface area contributed by atoms with Crippen molar-refractivity contribution in [1.82, 2.24) is 9.38 Å². The standard InChI is InChI=1S/C19H16N4O5S2/c1-28-15-7-6-13(8-16(15)30(25,26)27)21-17-9-18(24)23-14(10-29-19(23)22-17)11-2-4-12(20)5-3-11/h2-10,21H,20H2,1H3,(H,25,26,27). The van der Waals surface area contributed by atoms with Crippen LogP contribution in [0.4, 0.5) is 17.2 Å². The summed E-state index contributed by atoms with van der Waals surface area (Å²) in [5, 5.41) is 4.71. The van der Waals surface area contributed by atoms with E-state index in [2.05, 4.69) is 10.3 Å². The maximum absolute atomic E-state index is 12.7. The number of aromatic nitrogens is 2. The van der Waals surface area contributed by atoms with Crippen LogP contribution in [0, 0.1) is 0 Å². The minimum atomic E-state index is -4.49. The molecule has 11 heteroatoms. The number of rotatable bonds is 5. The summed E-state index contributed by atoms with van der Waals surface area (Å²) in [7, 11) is -3.20. The lowest BCUT2D eigenvalue weighted by molar-refractivity contribution is 0.397. The Morgan fingerprint density at radius 2 is 1.90 bits per heavy atom. The van der Waals surface area contributed by atoms with Gasteiger partial charge in [0.05, 0.1) is 12.8 Å². The number of hydrogen-bond donors (Lipinski definition) is 3. The monoisotopic (exact) mass is 444 g/mol. The number of nitrogens with zero attached hydrogens (tertiary/aromatic N) is 2. The van der Waals surface area contributed by atoms with Crippen molar-refractivity contribution >= 4 is 43.6 Å². The van der Waals surface area contributed by atoms with Crippen LogP contribution in [0.3, 0.4) is 0 Å². The molecule has 2 aromatic heterocycles. The molecule has 0 fully saturated rings. The van der Waals surface area contributed by atoms with Crippen molar-refractivity contribution in [3.63, 3.8) is 0 Å². The lowest BCUT2D eigenvalue weighted by Gasteiger charge is -2.10. The Morgan fingerprint density at radius 1 is 1.17 bits per heavy atom. The van der Waals surface area contributed by atoms with E-state index in [1.165, 1.54) is 41.0 Å². The van der Waals surface area contributed by atoms with Crippen molar-refractivity contribution in [2.24, 2.45) is 0 Å². The van der Waals surface area contributed by atoms with Gasteiger partial charge in [-0.3, -0.25) is 13.7 Å². The molecule has 0 spiro atoms. The molecule has 0 amide bonds. The number of nitrogen functional groups attached to an aromatic ring is 1. The zero-order valence-electron chi connectivity index (χ0n) is 15.6. The molecule has 0 atom stereocenters. The summed E-state index contributed by atoms with van der Waals surface area (Å²) in [6.45, 7) is 0. The number of ether oxygens (including phenoxy) is 1. The Hall–Kier alpha value is -3.41. The van der Waals surface area contributed by atoms with E-state index in [1.807, 2.05) is 17.5 Å². The fraction of sp³-hybridized carbons (Fsp3) is 0.0526. The maximum atomic E-state index is 12.7. The predicted molar refractivity (Wildman–Crippen MR) is 115 cm³/mol. The van der Waals surface area contributed by atoms with Gasteiger partial charge in [-0.2, -0.15) is 8.42 Å². The van der Waals surface area contributed by atoms with Gasteiger partial charge < -0.3 is 15.8 Å². The van der Waals surface area contributed by atoms with E-state index in [0.717, 1.165) is 5.56 Å². The van der Waals surface area contributed by atoms with E-state index in [0.29, 0.717) is 22.0 Å². The molecule has 154 valence electrons. The quantitative estimate of drug-likeness (QED) is 0.316. The van der Waals surface area contributed by atoms with E-state index in [-0.39, 0.29) is 17.1 Å². The second-order valence-electron chi connectivity index (χ2n) is 6.31. The lowest BCUT2D eigenvalue weighted by atomic mass is 10.1. The molecule has 0 radical (unpaired) electrons. The molecule has 0 aliphatic rings. The number of hydrogen-bond acceptors (Lipinski definition) is 8. The third kappa shape index (κ3) is 3.73. The average Bonchev–Trinajstić information content (AvgIpc) is 3.12. The zero-order valence-corrected chi connectivity index (χ0v) is 17.2. The summed E-state index contributed by atoms with van der Waals surface area (Å²) in [6.07, 6.45) is 0. The predicted octanol–water partition coefficient (Wildman–Crippen LogP) is 3.00. The Morgan fingerprint density at radius 3 is 2.57 bits per heavy atom. The summed E-state index contributed by atoms with van der Waals surface area (Å²) in [5.74, 6) is 0.232. The average molecular weight is 444 g/mol. The van der Waals surface area contributed by atoms with Crippen LogP contribution in [-0.4, -0.2) is 29.5 Å². The smallest absolute Gasteiger partial charge is 0.298 e. The first-order valence-electron chi connectivity index (χ1n) is 8.56. The van der Waals surface area contributed by atoms with Crippen molar-refractivity contribution in [3.05, 3.63) is 64.3 Å². The largest absolute Gasteiger partial charge is 0.495 e. The van der Waals surface area contributed by atoms with E-state index >= 15 is 0 Å². The van der Waals surface area contributed by atoms with E-state index in [4.69, 9.17) is 10.5 Å². The van der Waals surface area contributed by atoms with Crippen LogP contribution in [-0.2, 0) is 10.1 Å². The highest BCUT2D eigenvalue weighted by Crippen LogP contribution is 2.29. The Kier molecular flexibility index (Phi) is 4.94. The molecule has 0 unspecified atom stereocenters. The highest BCUT2D eigenvalue weighted by Gasteiger charge is 2.18. The Bertz CT molecular complexity index is 1410. The maximum Gasteiger partial charge on any atom is 0.298 e. The Labute approximate surface area is 175 Å². The number of nitrogens with two attached hydrogens (primary N) is 1. The zero-order chi connectivity index (χ0) is 21.5. The lowest BCUT2D eigenvalue weighted by Crippen LogP contribution is -2.14. The van der Waals surface area contributed by atoms with Crippen LogP contribution in [0.1, 0.15) is 0 Å². The minimum absolute atomic E-state index is 0.00192. The SMILES string of the molecule is COc1ccc(Nc2cc(=O)n3c(-c4ccc(N)cc4)csc3n2)cc1S(=O)(=O)O. The molecule has 2 heterocycles. The summed E-state index contributed by atoms with van der Waals surface area (Å²) in [5.41, 5.74) is 7.87. The number of nitrogens with one attached hydrogen (secondary N) is 1. The van der Waals surface area contributed by atoms with Crippen LogP contribution in [0.5, 0.6) is 5.75 Å². The fourth-order valence-corrected chi connectivity index (χ4v) is 4.53. The number of fused-ring (bicyclic) bond motifs is 1. The molecule has 30 heavy (non-hydrogen) atoms. The highest BCUT2D eigenvalue weighted by molar-refractivity contribution is 7.86. The summed E-state index contributed by atoms with van der Waals surface area (Å²) >= 11 is 1.29. The first-order valence-corrected chi connectivity index (χ1v) is 10.9. The van der Waals surface area contributed by atoms with Gasteiger partial charge in [0.25, 0.3) is 15.7 Å². The van der Waals surface area contributed by atoms with Gasteiger partial charge in [-0.15, -0.1) is 11.3 Å². The second-order valence-corrected chi connectivity index (χ2v) is 8.53. The van der Waals surface area contributed by atoms with Gasteiger partial charge in [0.1, 0.15) is 16.5 Å². The van der Waals surface area contributed by atoms with Crippen molar-refractivity contribution in [1.29, 1.82) is 0 Å². The van der Waals surface area contributed by atoms with Gasteiger partial charge in [-0.05, 0) is 35.9 Å². The molecule has 4 N–H and O–H groups in total. The molecule has 4 aromatic rings. The van der Waals surface area contributed by atoms with Gasteiger partial charge in [0.15, 0.2) is 4.96 Å². The molecule has 0 saturated heterocycles. The molecular weight excluding hydrogens is 428 g/mol. The van der Waals surface area contributed by atoms with Gasteiger partial charge in [0, 0.05) is 22.8 Å². The third-order valence-electron chi connectivity index (χ3n) is 4.33. The molecule has 0 aliphatic heterocycles. The molecular formula is C19H16N4O5S2. The molecule has 9 nitrogen and oxygen atoms in total. The van der Waals surface area contributed by atoms with Gasteiger partial charge in [-0.25, -0.2) is 4.98 Å². The second kappa shape index (κ2) is 7.44. The van der Waals surface area contributed by atoms with Crippen molar-refractivity contribution in [2.75, 3.05) is 18.2 Å². The highest BCUT2D eigenvalue weighted by atomic mass is 32.2. The topological polar surface area (TPSA) is 136 Å². The first kappa shape index (κ1) is 19.9. The molecule has 0 aliphatic carbocycles. The number of thiazole rings is 1. The number of benzene rings is 2. The minimum Gasteiger partial charge on any atom is -0.495 e. The van der Waals surface area contributed by atoms with Crippen molar-refractivity contribution in [2.45, 2.75) is 4.90 Å². The van der Waals surface area contributed by atoms with Crippen LogP contribution in [0.15, 0.2) is 63.6 Å². The Balaban J connectivity index is 1.74. The summed E-state index contributed by atoms with van der Waals surface area (Å²) < 4.78 is 39.0. The van der Waals surface area contributed by atoms with Gasteiger partial charge >= 0.3 is 0 Å². The van der Waals surface area contributed by atoms with E-state index < -0.39 is 15.0 Å². The number of methoxy groups -OCH3 is 1.